The first kappa shape index (κ1) is 11.8. The maximum atomic E-state index is 6.24. The highest BCUT2D eigenvalue weighted by molar-refractivity contribution is 5.54. The van der Waals surface area contributed by atoms with Crippen LogP contribution >= 0.6 is 0 Å². The molecule has 18 heavy (non-hydrogen) atoms. The van der Waals surface area contributed by atoms with Gasteiger partial charge in [-0.05, 0) is 55.9 Å². The Morgan fingerprint density at radius 3 is 2.61 bits per heavy atom. The molecule has 98 valence electrons. The van der Waals surface area contributed by atoms with Crippen molar-refractivity contribution in [3.63, 3.8) is 0 Å². The van der Waals surface area contributed by atoms with Gasteiger partial charge < -0.3 is 15.4 Å². The summed E-state index contributed by atoms with van der Waals surface area (Å²) < 4.78 is 5.46. The van der Waals surface area contributed by atoms with Gasteiger partial charge in [-0.15, -0.1) is 0 Å². The van der Waals surface area contributed by atoms with E-state index in [-0.39, 0.29) is 5.54 Å². The number of hydrogen-bond acceptors (Lipinski definition) is 3. The molecule has 0 amide bonds. The van der Waals surface area contributed by atoms with Crippen LogP contribution in [0.2, 0.25) is 0 Å². The van der Waals surface area contributed by atoms with E-state index in [1.165, 1.54) is 37.2 Å². The molecule has 3 heteroatoms. The van der Waals surface area contributed by atoms with Crippen molar-refractivity contribution in [2.24, 2.45) is 5.73 Å². The third-order valence-electron chi connectivity index (χ3n) is 4.17. The second-order valence-electron chi connectivity index (χ2n) is 5.73. The molecular weight excluding hydrogens is 224 g/mol. The van der Waals surface area contributed by atoms with Crippen molar-refractivity contribution < 1.29 is 4.74 Å². The van der Waals surface area contributed by atoms with E-state index in [4.69, 9.17) is 10.5 Å². The summed E-state index contributed by atoms with van der Waals surface area (Å²) >= 11 is 0. The van der Waals surface area contributed by atoms with E-state index in [9.17, 15) is 0 Å². The fraction of sp³-hybridized carbons (Fsp3) is 0.600. The third-order valence-corrected chi connectivity index (χ3v) is 4.17. The molecular formula is C15H22N2O. The van der Waals surface area contributed by atoms with Crippen LogP contribution in [0, 0.1) is 0 Å². The number of nitrogens with two attached hydrogens (primary N) is 1. The van der Waals surface area contributed by atoms with Crippen molar-refractivity contribution in [3.8, 4) is 5.75 Å². The molecule has 0 spiro atoms. The molecule has 1 aliphatic carbocycles. The Morgan fingerprint density at radius 2 is 2.00 bits per heavy atom. The molecule has 1 saturated heterocycles. The summed E-state index contributed by atoms with van der Waals surface area (Å²) in [4.78, 5) is 2.46. The van der Waals surface area contributed by atoms with Crippen LogP contribution in [0.1, 0.15) is 31.2 Å². The molecule has 0 unspecified atom stereocenters. The van der Waals surface area contributed by atoms with Gasteiger partial charge in [0.25, 0.3) is 0 Å². The van der Waals surface area contributed by atoms with E-state index in [1.807, 2.05) is 0 Å². The highest BCUT2D eigenvalue weighted by Crippen LogP contribution is 2.39. The van der Waals surface area contributed by atoms with Gasteiger partial charge in [-0.1, -0.05) is 0 Å². The van der Waals surface area contributed by atoms with Gasteiger partial charge in [-0.2, -0.15) is 0 Å². The van der Waals surface area contributed by atoms with E-state index < -0.39 is 0 Å². The minimum Gasteiger partial charge on any atom is -0.496 e. The Morgan fingerprint density at radius 1 is 1.28 bits per heavy atom. The summed E-state index contributed by atoms with van der Waals surface area (Å²) in [5.41, 5.74) is 8.87. The number of ether oxygens (including phenoxy) is 1. The predicted octanol–water partition coefficient (Wildman–Crippen LogP) is 2.33. The van der Waals surface area contributed by atoms with Crippen molar-refractivity contribution >= 4 is 5.69 Å². The van der Waals surface area contributed by atoms with E-state index >= 15 is 0 Å². The van der Waals surface area contributed by atoms with Gasteiger partial charge in [0, 0.05) is 24.3 Å². The van der Waals surface area contributed by atoms with Gasteiger partial charge >= 0.3 is 0 Å². The quantitative estimate of drug-likeness (QED) is 0.886. The Kier molecular flexibility index (Phi) is 2.94. The van der Waals surface area contributed by atoms with E-state index in [1.54, 1.807) is 7.11 Å². The van der Waals surface area contributed by atoms with Gasteiger partial charge in [-0.3, -0.25) is 0 Å². The summed E-state index contributed by atoms with van der Waals surface area (Å²) in [5, 5.41) is 0. The molecule has 3 rings (SSSR count). The van der Waals surface area contributed by atoms with Gasteiger partial charge in [-0.25, -0.2) is 0 Å². The average molecular weight is 246 g/mol. The lowest BCUT2D eigenvalue weighted by atomic mass is 10.0. The van der Waals surface area contributed by atoms with Crippen LogP contribution in [-0.2, 0) is 6.42 Å². The zero-order valence-corrected chi connectivity index (χ0v) is 11.1. The molecule has 3 nitrogen and oxygen atoms in total. The van der Waals surface area contributed by atoms with Crippen LogP contribution in [-0.4, -0.2) is 25.7 Å². The fourth-order valence-corrected chi connectivity index (χ4v) is 2.79. The van der Waals surface area contributed by atoms with E-state index in [0.29, 0.717) is 0 Å². The van der Waals surface area contributed by atoms with Crippen molar-refractivity contribution in [2.45, 2.75) is 37.6 Å². The number of anilines is 1. The monoisotopic (exact) mass is 246 g/mol. The largest absolute Gasteiger partial charge is 0.496 e. The molecule has 1 saturated carbocycles. The SMILES string of the molecule is COc1ccc(N2CCCC2)cc1CC1(N)CC1. The first-order valence-electron chi connectivity index (χ1n) is 6.91. The lowest BCUT2D eigenvalue weighted by Gasteiger charge is -2.20. The third kappa shape index (κ3) is 2.32. The van der Waals surface area contributed by atoms with Crippen LogP contribution in [0.4, 0.5) is 5.69 Å². The number of benzene rings is 1. The van der Waals surface area contributed by atoms with Gasteiger partial charge in [0.05, 0.1) is 7.11 Å². The highest BCUT2D eigenvalue weighted by atomic mass is 16.5. The number of rotatable bonds is 4. The number of nitrogens with zero attached hydrogens (tertiary/aromatic N) is 1. The molecule has 0 aromatic heterocycles. The first-order chi connectivity index (χ1) is 8.70. The molecule has 0 radical (unpaired) electrons. The summed E-state index contributed by atoms with van der Waals surface area (Å²) in [6.07, 6.45) is 5.84. The summed E-state index contributed by atoms with van der Waals surface area (Å²) in [7, 11) is 1.74. The average Bonchev–Trinajstić information content (AvgIpc) is 2.91. The minimum absolute atomic E-state index is 0.0386. The molecule has 1 heterocycles. The lowest BCUT2D eigenvalue weighted by molar-refractivity contribution is 0.407. The Balaban J connectivity index is 1.85. The van der Waals surface area contributed by atoms with Gasteiger partial charge in [0.1, 0.15) is 5.75 Å². The Hall–Kier alpha value is -1.22. The molecule has 2 N–H and O–H groups in total. The van der Waals surface area contributed by atoms with Crippen LogP contribution < -0.4 is 15.4 Å². The zero-order chi connectivity index (χ0) is 12.6. The standard InChI is InChI=1S/C15H22N2O/c1-18-14-5-4-13(17-8-2-3-9-17)10-12(14)11-15(16)6-7-15/h4-5,10H,2-3,6-9,11,16H2,1H3. The second kappa shape index (κ2) is 4.47. The highest BCUT2D eigenvalue weighted by Gasteiger charge is 2.38. The molecule has 1 aliphatic heterocycles. The smallest absolute Gasteiger partial charge is 0.122 e. The van der Waals surface area contributed by atoms with Gasteiger partial charge in [0.2, 0.25) is 0 Å². The van der Waals surface area contributed by atoms with Crippen molar-refractivity contribution in [2.75, 3.05) is 25.1 Å². The molecule has 0 atom stereocenters. The number of methoxy groups -OCH3 is 1. The first-order valence-corrected chi connectivity index (χ1v) is 6.91. The van der Waals surface area contributed by atoms with Crippen LogP contribution in [0.5, 0.6) is 5.75 Å². The fourth-order valence-electron chi connectivity index (χ4n) is 2.79. The lowest BCUT2D eigenvalue weighted by Crippen LogP contribution is -2.25. The topological polar surface area (TPSA) is 38.5 Å². The van der Waals surface area contributed by atoms with Crippen molar-refractivity contribution in [1.29, 1.82) is 0 Å². The van der Waals surface area contributed by atoms with Crippen LogP contribution in [0.15, 0.2) is 18.2 Å². The molecule has 2 fully saturated rings. The van der Waals surface area contributed by atoms with E-state index in [0.717, 1.165) is 25.0 Å². The van der Waals surface area contributed by atoms with Crippen molar-refractivity contribution in [3.05, 3.63) is 23.8 Å². The molecule has 1 aromatic carbocycles. The van der Waals surface area contributed by atoms with Gasteiger partial charge in [0.15, 0.2) is 0 Å². The minimum atomic E-state index is 0.0386. The molecule has 1 aromatic rings. The predicted molar refractivity (Wildman–Crippen MR) is 74.3 cm³/mol. The number of hydrogen-bond donors (Lipinski definition) is 1. The van der Waals surface area contributed by atoms with Crippen LogP contribution in [0.3, 0.4) is 0 Å². The maximum absolute atomic E-state index is 6.24. The van der Waals surface area contributed by atoms with E-state index in [2.05, 4.69) is 23.1 Å². The maximum Gasteiger partial charge on any atom is 0.122 e. The molecule has 0 bridgehead atoms. The zero-order valence-electron chi connectivity index (χ0n) is 11.1. The molecule has 2 aliphatic rings. The Bertz CT molecular complexity index is 434. The van der Waals surface area contributed by atoms with Crippen molar-refractivity contribution in [1.82, 2.24) is 0 Å². The summed E-state index contributed by atoms with van der Waals surface area (Å²) in [6.45, 7) is 2.36. The van der Waals surface area contributed by atoms with Crippen LogP contribution in [0.25, 0.3) is 0 Å². The Labute approximate surface area is 109 Å². The normalized spacial score (nSPS) is 21.1. The summed E-state index contributed by atoms with van der Waals surface area (Å²) in [5.74, 6) is 0.981. The summed E-state index contributed by atoms with van der Waals surface area (Å²) in [6, 6.07) is 6.54. The second-order valence-corrected chi connectivity index (χ2v) is 5.73.